The fourth-order valence-corrected chi connectivity index (χ4v) is 0.850. The molecule has 0 saturated carbocycles. The van der Waals surface area contributed by atoms with Crippen molar-refractivity contribution in [3.05, 3.63) is 30.1 Å². The van der Waals surface area contributed by atoms with Gasteiger partial charge in [0, 0.05) is 12.4 Å². The molecule has 4 nitrogen and oxygen atoms in total. The maximum absolute atomic E-state index is 10.5. The number of carboxylic acids is 1. The Kier molecular flexibility index (Phi) is 2.53. The van der Waals surface area contributed by atoms with Gasteiger partial charge in [0.15, 0.2) is 0 Å². The van der Waals surface area contributed by atoms with Crippen molar-refractivity contribution in [2.75, 3.05) is 0 Å². The summed E-state index contributed by atoms with van der Waals surface area (Å²) >= 11 is 0. The first-order valence-corrected chi connectivity index (χ1v) is 3.33. The van der Waals surface area contributed by atoms with Crippen LogP contribution in [0.5, 0.6) is 0 Å². The lowest BCUT2D eigenvalue weighted by Crippen LogP contribution is -2.12. The van der Waals surface area contributed by atoms with Crippen LogP contribution in [0.1, 0.15) is 11.5 Å². The summed E-state index contributed by atoms with van der Waals surface area (Å²) in [5.74, 6) is -2.22. The number of carboxylic acid groups (broad SMARTS) is 1. The number of hydrogen-bond donors (Lipinski definition) is 1. The molecule has 1 atom stereocenters. The Labute approximate surface area is 68.9 Å². The van der Waals surface area contributed by atoms with Crippen molar-refractivity contribution < 1.29 is 14.7 Å². The second kappa shape index (κ2) is 3.61. The Balaban J connectivity index is 2.95. The van der Waals surface area contributed by atoms with E-state index in [1.807, 2.05) is 0 Å². The van der Waals surface area contributed by atoms with Gasteiger partial charge in [0.25, 0.3) is 0 Å². The lowest BCUT2D eigenvalue weighted by Gasteiger charge is -2.02. The van der Waals surface area contributed by atoms with E-state index in [-0.39, 0.29) is 0 Å². The highest BCUT2D eigenvalue weighted by Gasteiger charge is 2.17. The van der Waals surface area contributed by atoms with Gasteiger partial charge in [0.1, 0.15) is 12.2 Å². The minimum Gasteiger partial charge on any atom is -0.480 e. The highest BCUT2D eigenvalue weighted by molar-refractivity contribution is 5.92. The Morgan fingerprint density at radius 3 is 2.50 bits per heavy atom. The molecule has 0 aromatic carbocycles. The number of rotatable bonds is 3. The molecular formula is C8H7NO3. The highest BCUT2D eigenvalue weighted by Crippen LogP contribution is 2.11. The van der Waals surface area contributed by atoms with E-state index in [1.54, 1.807) is 0 Å². The van der Waals surface area contributed by atoms with Crippen molar-refractivity contribution >= 4 is 12.3 Å². The van der Waals surface area contributed by atoms with Gasteiger partial charge >= 0.3 is 5.97 Å². The van der Waals surface area contributed by atoms with Crippen LogP contribution in [-0.4, -0.2) is 22.3 Å². The zero-order valence-electron chi connectivity index (χ0n) is 6.18. The summed E-state index contributed by atoms with van der Waals surface area (Å²) in [5, 5.41) is 8.58. The van der Waals surface area contributed by atoms with E-state index >= 15 is 0 Å². The lowest BCUT2D eigenvalue weighted by molar-refractivity contribution is -0.140. The first-order valence-electron chi connectivity index (χ1n) is 3.33. The van der Waals surface area contributed by atoms with Crippen LogP contribution in [0.2, 0.25) is 0 Å². The van der Waals surface area contributed by atoms with Gasteiger partial charge in [0.05, 0.1) is 0 Å². The summed E-state index contributed by atoms with van der Waals surface area (Å²) < 4.78 is 0. The number of aromatic nitrogens is 1. The predicted octanol–water partition coefficient (Wildman–Crippen LogP) is 0.449. The van der Waals surface area contributed by atoms with Crippen molar-refractivity contribution in [3.8, 4) is 0 Å². The molecule has 0 saturated heterocycles. The molecular weight excluding hydrogens is 158 g/mol. The molecule has 1 aromatic rings. The Hall–Kier alpha value is -1.71. The zero-order valence-corrected chi connectivity index (χ0v) is 6.18. The third kappa shape index (κ3) is 1.66. The predicted molar refractivity (Wildman–Crippen MR) is 40.7 cm³/mol. The van der Waals surface area contributed by atoms with Crippen LogP contribution in [0.3, 0.4) is 0 Å². The lowest BCUT2D eigenvalue weighted by atomic mass is 10.0. The van der Waals surface area contributed by atoms with Crippen LogP contribution in [0.15, 0.2) is 24.5 Å². The molecule has 1 rings (SSSR count). The van der Waals surface area contributed by atoms with Crippen LogP contribution < -0.4 is 0 Å². The van der Waals surface area contributed by atoms with Gasteiger partial charge in [-0.2, -0.15) is 0 Å². The topological polar surface area (TPSA) is 67.3 Å². The van der Waals surface area contributed by atoms with Crippen LogP contribution in [0.4, 0.5) is 0 Å². The average molecular weight is 165 g/mol. The molecule has 0 aliphatic heterocycles. The van der Waals surface area contributed by atoms with E-state index in [4.69, 9.17) is 5.11 Å². The van der Waals surface area contributed by atoms with Gasteiger partial charge in [-0.3, -0.25) is 9.78 Å². The number of carbonyl (C=O) groups excluding carboxylic acids is 1. The summed E-state index contributed by atoms with van der Waals surface area (Å²) in [7, 11) is 0. The number of pyridine rings is 1. The van der Waals surface area contributed by atoms with Crippen LogP contribution in [0, 0.1) is 0 Å². The molecule has 0 bridgehead atoms. The fraction of sp³-hybridized carbons (Fsp3) is 0.125. The van der Waals surface area contributed by atoms with Gasteiger partial charge in [-0.1, -0.05) is 0 Å². The van der Waals surface area contributed by atoms with Gasteiger partial charge in [-0.05, 0) is 17.7 Å². The molecule has 1 aromatic heterocycles. The van der Waals surface area contributed by atoms with Gasteiger partial charge in [-0.15, -0.1) is 0 Å². The molecule has 1 N–H and O–H groups in total. The van der Waals surface area contributed by atoms with Gasteiger partial charge < -0.3 is 9.90 Å². The third-order valence-corrected chi connectivity index (χ3v) is 1.47. The third-order valence-electron chi connectivity index (χ3n) is 1.47. The first-order chi connectivity index (χ1) is 5.75. The monoisotopic (exact) mass is 165 g/mol. The molecule has 0 amide bonds. The maximum Gasteiger partial charge on any atom is 0.318 e. The summed E-state index contributed by atoms with van der Waals surface area (Å²) in [5.41, 5.74) is 0.451. The van der Waals surface area contributed by atoms with Crippen LogP contribution in [0.25, 0.3) is 0 Å². The molecule has 0 fully saturated rings. The van der Waals surface area contributed by atoms with E-state index in [0.29, 0.717) is 11.8 Å². The fourth-order valence-electron chi connectivity index (χ4n) is 0.850. The van der Waals surface area contributed by atoms with E-state index in [2.05, 4.69) is 4.98 Å². The van der Waals surface area contributed by atoms with Crippen molar-refractivity contribution in [2.45, 2.75) is 5.92 Å². The molecule has 12 heavy (non-hydrogen) atoms. The molecule has 0 aliphatic carbocycles. The number of nitrogens with zero attached hydrogens (tertiary/aromatic N) is 1. The second-order valence-electron chi connectivity index (χ2n) is 2.23. The summed E-state index contributed by atoms with van der Waals surface area (Å²) in [4.78, 5) is 24.5. The Morgan fingerprint density at radius 2 is 2.08 bits per heavy atom. The van der Waals surface area contributed by atoms with E-state index in [0.717, 1.165) is 0 Å². The Morgan fingerprint density at radius 1 is 1.50 bits per heavy atom. The molecule has 1 heterocycles. The molecule has 62 valence electrons. The zero-order chi connectivity index (χ0) is 8.97. The summed E-state index contributed by atoms with van der Waals surface area (Å²) in [6.07, 6.45) is 3.31. The molecule has 0 aliphatic rings. The standard InChI is InChI=1S/C8H7NO3/c10-5-7(8(11)12)6-1-3-9-4-2-6/h1-5,7H,(H,11,12). The van der Waals surface area contributed by atoms with Crippen molar-refractivity contribution in [2.24, 2.45) is 0 Å². The van der Waals surface area contributed by atoms with Gasteiger partial charge in [-0.25, -0.2) is 0 Å². The number of aldehydes is 1. The Bertz CT molecular complexity index is 284. The minimum absolute atomic E-state index is 0.400. The number of aliphatic carboxylic acids is 1. The minimum atomic E-state index is -1.14. The van der Waals surface area contributed by atoms with Crippen LogP contribution in [-0.2, 0) is 9.59 Å². The normalized spacial score (nSPS) is 12.0. The van der Waals surface area contributed by atoms with E-state index in [1.165, 1.54) is 24.5 Å². The molecule has 4 heteroatoms. The largest absolute Gasteiger partial charge is 0.480 e. The highest BCUT2D eigenvalue weighted by atomic mass is 16.4. The quantitative estimate of drug-likeness (QED) is 0.521. The smallest absolute Gasteiger partial charge is 0.318 e. The number of hydrogen-bond acceptors (Lipinski definition) is 3. The van der Waals surface area contributed by atoms with E-state index in [9.17, 15) is 9.59 Å². The van der Waals surface area contributed by atoms with Crippen molar-refractivity contribution in [1.29, 1.82) is 0 Å². The van der Waals surface area contributed by atoms with Crippen LogP contribution >= 0.6 is 0 Å². The summed E-state index contributed by atoms with van der Waals surface area (Å²) in [6.45, 7) is 0. The van der Waals surface area contributed by atoms with Crippen molar-refractivity contribution in [3.63, 3.8) is 0 Å². The molecule has 0 radical (unpaired) electrons. The first kappa shape index (κ1) is 8.39. The maximum atomic E-state index is 10.5. The summed E-state index contributed by atoms with van der Waals surface area (Å²) in [6, 6.07) is 3.01. The van der Waals surface area contributed by atoms with Crippen molar-refractivity contribution in [1.82, 2.24) is 4.98 Å². The second-order valence-corrected chi connectivity index (χ2v) is 2.23. The van der Waals surface area contributed by atoms with Gasteiger partial charge in [0.2, 0.25) is 0 Å². The number of carbonyl (C=O) groups is 2. The SMILES string of the molecule is O=CC(C(=O)O)c1ccncc1. The average Bonchev–Trinajstić information content (AvgIpc) is 2.07. The van der Waals surface area contributed by atoms with E-state index < -0.39 is 11.9 Å². The molecule has 1 unspecified atom stereocenters. The molecule has 0 spiro atoms.